The number of para-hydroxylation sites is 1. The number of carbonyl (C=O) groups is 1. The van der Waals surface area contributed by atoms with Crippen molar-refractivity contribution < 1.29 is 14.6 Å². The average molecular weight is 368 g/mol. The van der Waals surface area contributed by atoms with Gasteiger partial charge in [-0.25, -0.2) is 0 Å². The third-order valence-corrected chi connectivity index (χ3v) is 5.45. The molecule has 144 valence electrons. The Morgan fingerprint density at radius 3 is 2.59 bits per heavy atom. The maximum Gasteiger partial charge on any atom is 0.253 e. The zero-order valence-corrected chi connectivity index (χ0v) is 15.7. The van der Waals surface area contributed by atoms with Gasteiger partial charge in [-0.05, 0) is 30.5 Å². The highest BCUT2D eigenvalue weighted by Crippen LogP contribution is 2.32. The van der Waals surface area contributed by atoms with Gasteiger partial charge in [0.05, 0.1) is 18.2 Å². The van der Waals surface area contributed by atoms with Gasteiger partial charge in [-0.3, -0.25) is 4.79 Å². The van der Waals surface area contributed by atoms with Gasteiger partial charge < -0.3 is 19.6 Å². The van der Waals surface area contributed by atoms with Gasteiger partial charge in [0.2, 0.25) is 0 Å². The second-order valence-corrected chi connectivity index (χ2v) is 7.21. The van der Waals surface area contributed by atoms with Crippen LogP contribution < -0.4 is 4.90 Å². The van der Waals surface area contributed by atoms with Crippen LogP contribution in [0.5, 0.6) is 0 Å². The van der Waals surface area contributed by atoms with E-state index >= 15 is 0 Å². The van der Waals surface area contributed by atoms with E-state index in [1.54, 1.807) is 18.2 Å². The van der Waals surface area contributed by atoms with Crippen molar-refractivity contribution in [3.63, 3.8) is 0 Å². The summed E-state index contributed by atoms with van der Waals surface area (Å²) in [7, 11) is 0. The van der Waals surface area contributed by atoms with Crippen molar-refractivity contribution in [2.75, 3.05) is 37.7 Å². The predicted molar refractivity (Wildman–Crippen MR) is 108 cm³/mol. The van der Waals surface area contributed by atoms with Gasteiger partial charge in [0.25, 0.3) is 5.91 Å². The summed E-state index contributed by atoms with van der Waals surface area (Å²) >= 11 is 0. The molecule has 5 nitrogen and oxygen atoms in total. The van der Waals surface area contributed by atoms with E-state index in [2.05, 4.69) is 18.1 Å². The van der Waals surface area contributed by atoms with Crippen LogP contribution in [0.2, 0.25) is 0 Å². The Labute approximate surface area is 161 Å². The van der Waals surface area contributed by atoms with Crippen molar-refractivity contribution in [1.29, 1.82) is 0 Å². The molecule has 1 spiro atoms. The van der Waals surface area contributed by atoms with E-state index in [1.807, 2.05) is 35.2 Å². The summed E-state index contributed by atoms with van der Waals surface area (Å²) in [5.41, 5.74) is 1.40. The quantitative estimate of drug-likeness (QED) is 0.784. The third kappa shape index (κ3) is 4.56. The van der Waals surface area contributed by atoms with Crippen molar-refractivity contribution in [2.45, 2.75) is 24.5 Å². The fraction of sp³-hybridized carbons (Fsp3) is 0.409. The molecule has 1 amide bonds. The molecular formula is C22H28N2O3. The predicted octanol–water partition coefficient (Wildman–Crippen LogP) is 2.54. The molecule has 0 saturated carbocycles. The van der Waals surface area contributed by atoms with Gasteiger partial charge in [0, 0.05) is 25.3 Å². The van der Waals surface area contributed by atoms with Crippen LogP contribution in [-0.4, -0.2) is 60.4 Å². The summed E-state index contributed by atoms with van der Waals surface area (Å²) in [4.78, 5) is 16.4. The number of nitrogens with zero attached hydrogens (tertiary/aromatic N) is 2. The van der Waals surface area contributed by atoms with E-state index in [-0.39, 0.29) is 18.1 Å². The minimum absolute atomic E-state index is 0.00913. The number of benzene rings is 1. The molecule has 2 saturated heterocycles. The molecule has 1 aromatic rings. The summed E-state index contributed by atoms with van der Waals surface area (Å²) in [5.74, 6) is 0.00913. The molecule has 2 heterocycles. The Morgan fingerprint density at radius 2 is 1.96 bits per heavy atom. The number of hydrogen-bond acceptors (Lipinski definition) is 4. The summed E-state index contributed by atoms with van der Waals surface area (Å²) in [6.07, 6.45) is 6.22. The highest BCUT2D eigenvalue weighted by atomic mass is 16.5. The maximum absolute atomic E-state index is 12.3. The largest absolute Gasteiger partial charge is 0.387 e. The van der Waals surface area contributed by atoms with E-state index in [0.717, 1.165) is 37.2 Å². The molecule has 2 fully saturated rings. The molecule has 1 atom stereocenters. The number of anilines is 1. The van der Waals surface area contributed by atoms with Crippen LogP contribution in [0.4, 0.5) is 5.69 Å². The van der Waals surface area contributed by atoms with Crippen LogP contribution in [0.1, 0.15) is 12.8 Å². The van der Waals surface area contributed by atoms with Gasteiger partial charge in [-0.1, -0.05) is 49.6 Å². The molecule has 0 radical (unpaired) electrons. The zero-order valence-electron chi connectivity index (χ0n) is 15.7. The van der Waals surface area contributed by atoms with Crippen LogP contribution in [0.15, 0.2) is 67.3 Å². The summed E-state index contributed by atoms with van der Waals surface area (Å²) in [6.45, 7) is 10.3. The van der Waals surface area contributed by atoms with Gasteiger partial charge in [-0.2, -0.15) is 0 Å². The Morgan fingerprint density at radius 1 is 1.26 bits per heavy atom. The Bertz CT molecular complexity index is 706. The summed E-state index contributed by atoms with van der Waals surface area (Å²) < 4.78 is 6.01. The van der Waals surface area contributed by atoms with Gasteiger partial charge in [0.15, 0.2) is 0 Å². The van der Waals surface area contributed by atoms with Gasteiger partial charge >= 0.3 is 0 Å². The lowest BCUT2D eigenvalue weighted by molar-refractivity contribution is -0.145. The minimum atomic E-state index is -0.579. The number of piperidine rings is 1. The van der Waals surface area contributed by atoms with Crippen molar-refractivity contribution in [2.24, 2.45) is 0 Å². The zero-order chi connectivity index (χ0) is 19.3. The van der Waals surface area contributed by atoms with E-state index in [0.29, 0.717) is 13.1 Å². The maximum atomic E-state index is 12.3. The highest BCUT2D eigenvalue weighted by Gasteiger charge is 2.42. The minimum Gasteiger partial charge on any atom is -0.387 e. The van der Waals surface area contributed by atoms with Crippen LogP contribution >= 0.6 is 0 Å². The number of rotatable bonds is 6. The van der Waals surface area contributed by atoms with Crippen LogP contribution in [0.3, 0.4) is 0 Å². The second-order valence-electron chi connectivity index (χ2n) is 7.21. The second kappa shape index (κ2) is 8.65. The number of allylic oxidation sites excluding steroid dienone is 2. The van der Waals surface area contributed by atoms with E-state index in [4.69, 9.17) is 4.74 Å². The van der Waals surface area contributed by atoms with Crippen molar-refractivity contribution in [3.05, 3.63) is 67.3 Å². The first-order valence-corrected chi connectivity index (χ1v) is 9.42. The van der Waals surface area contributed by atoms with Crippen LogP contribution in [0.25, 0.3) is 0 Å². The number of amides is 1. The monoisotopic (exact) mass is 368 g/mol. The highest BCUT2D eigenvalue weighted by molar-refractivity contribution is 5.95. The molecule has 27 heavy (non-hydrogen) atoms. The lowest BCUT2D eigenvalue weighted by Crippen LogP contribution is -2.59. The lowest BCUT2D eigenvalue weighted by Gasteiger charge is -2.47. The molecule has 0 aromatic heterocycles. The number of aliphatic hydroxyl groups excluding tert-OH is 1. The van der Waals surface area contributed by atoms with Gasteiger partial charge in [0.1, 0.15) is 6.61 Å². The number of hydrogen-bond donors (Lipinski definition) is 1. The molecule has 2 aliphatic heterocycles. The molecule has 1 N–H and O–H groups in total. The van der Waals surface area contributed by atoms with Gasteiger partial charge in [-0.15, -0.1) is 0 Å². The standard InChI is InChI=1S/C22H28N2O3/c1-3-8-18(4-2)20(25)15-23-13-11-22(12-14-23)17-24(21(26)16-27-22)19-9-6-5-7-10-19/h3-10,20,25H,1-2,11-17H2/b18-8+. The van der Waals surface area contributed by atoms with Crippen LogP contribution in [0, 0.1) is 0 Å². The molecule has 2 aliphatic rings. The number of morpholine rings is 1. The normalized spacial score (nSPS) is 21.9. The fourth-order valence-electron chi connectivity index (χ4n) is 3.80. The smallest absolute Gasteiger partial charge is 0.253 e. The van der Waals surface area contributed by atoms with Crippen molar-refractivity contribution in [3.8, 4) is 0 Å². The van der Waals surface area contributed by atoms with Crippen LogP contribution in [-0.2, 0) is 9.53 Å². The molecule has 0 bridgehead atoms. The number of carbonyl (C=O) groups excluding carboxylic acids is 1. The SMILES string of the molecule is C=C/C=C(\C=C)C(O)CN1CCC2(CC1)CN(c1ccccc1)C(=O)CO2. The number of ether oxygens (including phenoxy) is 1. The van der Waals surface area contributed by atoms with Crippen molar-refractivity contribution >= 4 is 11.6 Å². The van der Waals surface area contributed by atoms with Crippen molar-refractivity contribution in [1.82, 2.24) is 4.90 Å². The Kier molecular flexibility index (Phi) is 6.26. The van der Waals surface area contributed by atoms with E-state index in [9.17, 15) is 9.90 Å². The summed E-state index contributed by atoms with van der Waals surface area (Å²) in [5, 5.41) is 10.4. The Balaban J connectivity index is 1.61. The Hall–Kier alpha value is -2.21. The first-order valence-electron chi connectivity index (χ1n) is 9.42. The number of β-amino-alcohol motifs (C(OH)–C–C–N with tert-alkyl or cyclic N) is 1. The average Bonchev–Trinajstić information content (AvgIpc) is 2.70. The molecule has 3 rings (SSSR count). The van der Waals surface area contributed by atoms with E-state index in [1.165, 1.54) is 0 Å². The molecule has 1 unspecified atom stereocenters. The van der Waals surface area contributed by atoms with E-state index < -0.39 is 6.10 Å². The number of likely N-dealkylation sites (tertiary alicyclic amines) is 1. The topological polar surface area (TPSA) is 53.0 Å². The fourth-order valence-corrected chi connectivity index (χ4v) is 3.80. The molecule has 1 aromatic carbocycles. The first kappa shape index (κ1) is 19.5. The molecule has 5 heteroatoms. The third-order valence-electron chi connectivity index (χ3n) is 5.45. The molecule has 0 aliphatic carbocycles. The lowest BCUT2D eigenvalue weighted by atomic mass is 9.88. The number of aliphatic hydroxyl groups is 1. The summed E-state index contributed by atoms with van der Waals surface area (Å²) in [6, 6.07) is 9.77. The molecular weight excluding hydrogens is 340 g/mol. The first-order chi connectivity index (χ1) is 13.1.